The fraction of sp³-hybridized carbons (Fsp3) is 0.167. The summed E-state index contributed by atoms with van der Waals surface area (Å²) < 4.78 is 5.52. The number of hydrogen-bond acceptors (Lipinski definition) is 3. The van der Waals surface area contributed by atoms with E-state index in [4.69, 9.17) is 10.5 Å². The second-order valence-corrected chi connectivity index (χ2v) is 5.10. The quantitative estimate of drug-likeness (QED) is 0.759. The van der Waals surface area contributed by atoms with Gasteiger partial charge in [-0.2, -0.15) is 5.10 Å². The van der Waals surface area contributed by atoms with E-state index < -0.39 is 0 Å². The van der Waals surface area contributed by atoms with Gasteiger partial charge < -0.3 is 10.5 Å². The normalized spacial score (nSPS) is 10.6. The van der Waals surface area contributed by atoms with Gasteiger partial charge in [0.05, 0.1) is 19.0 Å². The van der Waals surface area contributed by atoms with Crippen LogP contribution < -0.4 is 10.5 Å². The molecule has 1 heterocycles. The molecule has 4 nitrogen and oxygen atoms in total. The molecule has 0 radical (unpaired) electrons. The highest BCUT2D eigenvalue weighted by Crippen LogP contribution is 2.36. The van der Waals surface area contributed by atoms with Gasteiger partial charge in [-0.05, 0) is 30.7 Å². The number of aromatic nitrogens is 2. The number of hydrogen-bond donors (Lipinski definition) is 2. The molecule has 0 aliphatic carbocycles. The Morgan fingerprint density at radius 3 is 2.64 bits per heavy atom. The van der Waals surface area contributed by atoms with Crippen molar-refractivity contribution in [3.05, 3.63) is 60.3 Å². The Kier molecular flexibility index (Phi) is 4.21. The van der Waals surface area contributed by atoms with Crippen LogP contribution in [0.4, 0.5) is 0 Å². The largest absolute Gasteiger partial charge is 0.496 e. The molecule has 0 fully saturated rings. The molecule has 0 bridgehead atoms. The highest BCUT2D eigenvalue weighted by molar-refractivity contribution is 5.83. The SMILES string of the molecule is COc1ccc(CCN)cc1-c1cn[nH]c1-c1ccccc1. The molecule has 0 spiro atoms. The van der Waals surface area contributed by atoms with Crippen LogP contribution in [0, 0.1) is 0 Å². The summed E-state index contributed by atoms with van der Waals surface area (Å²) in [7, 11) is 1.68. The van der Waals surface area contributed by atoms with E-state index in [1.807, 2.05) is 30.5 Å². The number of methoxy groups -OCH3 is 1. The summed E-state index contributed by atoms with van der Waals surface area (Å²) in [6, 6.07) is 16.3. The second kappa shape index (κ2) is 6.45. The Hall–Kier alpha value is -2.59. The fourth-order valence-electron chi connectivity index (χ4n) is 2.60. The second-order valence-electron chi connectivity index (χ2n) is 5.10. The Morgan fingerprint density at radius 2 is 1.91 bits per heavy atom. The van der Waals surface area contributed by atoms with Crippen molar-refractivity contribution < 1.29 is 4.74 Å². The molecule has 0 saturated heterocycles. The van der Waals surface area contributed by atoms with E-state index in [0.717, 1.165) is 34.6 Å². The first-order valence-corrected chi connectivity index (χ1v) is 7.29. The number of nitrogens with one attached hydrogen (secondary N) is 1. The van der Waals surface area contributed by atoms with Gasteiger partial charge >= 0.3 is 0 Å². The zero-order valence-corrected chi connectivity index (χ0v) is 12.5. The Balaban J connectivity index is 2.12. The van der Waals surface area contributed by atoms with Gasteiger partial charge in [0.25, 0.3) is 0 Å². The molecule has 3 aromatic rings. The van der Waals surface area contributed by atoms with Crippen molar-refractivity contribution >= 4 is 0 Å². The highest BCUT2D eigenvalue weighted by atomic mass is 16.5. The van der Waals surface area contributed by atoms with Crippen LogP contribution in [0.2, 0.25) is 0 Å². The van der Waals surface area contributed by atoms with E-state index >= 15 is 0 Å². The van der Waals surface area contributed by atoms with Crippen molar-refractivity contribution in [1.82, 2.24) is 10.2 Å². The third kappa shape index (κ3) is 2.73. The number of nitrogens with zero attached hydrogens (tertiary/aromatic N) is 1. The molecule has 0 unspecified atom stereocenters. The van der Waals surface area contributed by atoms with E-state index in [0.29, 0.717) is 6.54 Å². The first kappa shape index (κ1) is 14.4. The van der Waals surface area contributed by atoms with Crippen molar-refractivity contribution in [3.63, 3.8) is 0 Å². The number of nitrogens with two attached hydrogens (primary N) is 1. The molecule has 1 aromatic heterocycles. The maximum atomic E-state index is 5.67. The lowest BCUT2D eigenvalue weighted by molar-refractivity contribution is 0.416. The topological polar surface area (TPSA) is 63.9 Å². The fourth-order valence-corrected chi connectivity index (χ4v) is 2.60. The van der Waals surface area contributed by atoms with E-state index in [1.165, 1.54) is 5.56 Å². The predicted octanol–water partition coefficient (Wildman–Crippen LogP) is 3.25. The molecule has 0 aliphatic heterocycles. The average molecular weight is 293 g/mol. The van der Waals surface area contributed by atoms with Crippen LogP contribution in [0.5, 0.6) is 5.75 Å². The third-order valence-corrected chi connectivity index (χ3v) is 3.69. The van der Waals surface area contributed by atoms with Gasteiger partial charge in [-0.15, -0.1) is 0 Å². The average Bonchev–Trinajstić information content (AvgIpc) is 3.05. The summed E-state index contributed by atoms with van der Waals surface area (Å²) in [4.78, 5) is 0. The van der Waals surface area contributed by atoms with Gasteiger partial charge in [0.2, 0.25) is 0 Å². The predicted molar refractivity (Wildman–Crippen MR) is 88.8 cm³/mol. The molecule has 2 aromatic carbocycles. The van der Waals surface area contributed by atoms with Crippen LogP contribution in [0.3, 0.4) is 0 Å². The number of rotatable bonds is 5. The van der Waals surface area contributed by atoms with Crippen LogP contribution in [-0.4, -0.2) is 23.9 Å². The zero-order chi connectivity index (χ0) is 15.4. The Labute approximate surface area is 129 Å². The minimum Gasteiger partial charge on any atom is -0.496 e. The molecular weight excluding hydrogens is 274 g/mol. The maximum Gasteiger partial charge on any atom is 0.126 e. The molecule has 22 heavy (non-hydrogen) atoms. The summed E-state index contributed by atoms with van der Waals surface area (Å²) in [5.74, 6) is 0.833. The van der Waals surface area contributed by atoms with Crippen molar-refractivity contribution in [2.24, 2.45) is 5.73 Å². The molecular formula is C18H19N3O. The molecule has 0 saturated carbocycles. The minimum absolute atomic E-state index is 0.628. The van der Waals surface area contributed by atoms with Gasteiger partial charge in [0, 0.05) is 16.7 Å². The Morgan fingerprint density at radius 1 is 1.09 bits per heavy atom. The lowest BCUT2D eigenvalue weighted by Gasteiger charge is -2.11. The molecule has 112 valence electrons. The number of ether oxygens (including phenoxy) is 1. The van der Waals surface area contributed by atoms with Crippen LogP contribution in [0.25, 0.3) is 22.4 Å². The molecule has 0 atom stereocenters. The van der Waals surface area contributed by atoms with Gasteiger partial charge in [-0.25, -0.2) is 0 Å². The summed E-state index contributed by atoms with van der Waals surface area (Å²) in [6.07, 6.45) is 2.68. The summed E-state index contributed by atoms with van der Waals surface area (Å²) in [5, 5.41) is 7.31. The monoisotopic (exact) mass is 293 g/mol. The minimum atomic E-state index is 0.628. The zero-order valence-electron chi connectivity index (χ0n) is 12.5. The van der Waals surface area contributed by atoms with E-state index in [9.17, 15) is 0 Å². The first-order chi connectivity index (χ1) is 10.8. The molecule has 3 N–H and O–H groups in total. The lowest BCUT2D eigenvalue weighted by atomic mass is 9.98. The van der Waals surface area contributed by atoms with Crippen LogP contribution in [-0.2, 0) is 6.42 Å². The lowest BCUT2D eigenvalue weighted by Crippen LogP contribution is -2.03. The van der Waals surface area contributed by atoms with Crippen LogP contribution in [0.15, 0.2) is 54.7 Å². The van der Waals surface area contributed by atoms with E-state index in [2.05, 4.69) is 34.5 Å². The van der Waals surface area contributed by atoms with Crippen LogP contribution >= 0.6 is 0 Å². The molecule has 3 rings (SSSR count). The van der Waals surface area contributed by atoms with Crippen molar-refractivity contribution in [2.75, 3.05) is 13.7 Å². The van der Waals surface area contributed by atoms with Crippen molar-refractivity contribution in [3.8, 4) is 28.1 Å². The van der Waals surface area contributed by atoms with Crippen molar-refractivity contribution in [2.45, 2.75) is 6.42 Å². The van der Waals surface area contributed by atoms with E-state index in [-0.39, 0.29) is 0 Å². The third-order valence-electron chi connectivity index (χ3n) is 3.69. The number of H-pyrrole nitrogens is 1. The molecule has 0 aliphatic rings. The summed E-state index contributed by atoms with van der Waals surface area (Å²) >= 11 is 0. The maximum absolute atomic E-state index is 5.67. The smallest absolute Gasteiger partial charge is 0.126 e. The summed E-state index contributed by atoms with van der Waals surface area (Å²) in [5.41, 5.74) is 11.0. The number of aromatic amines is 1. The first-order valence-electron chi connectivity index (χ1n) is 7.29. The standard InChI is InChI=1S/C18H19N3O/c1-22-17-8-7-13(9-10-19)11-15(17)16-12-20-21-18(16)14-5-3-2-4-6-14/h2-8,11-12H,9-10,19H2,1H3,(H,20,21). The number of benzene rings is 2. The van der Waals surface area contributed by atoms with Crippen LogP contribution in [0.1, 0.15) is 5.56 Å². The molecule has 4 heteroatoms. The van der Waals surface area contributed by atoms with Crippen molar-refractivity contribution in [1.29, 1.82) is 0 Å². The summed E-state index contributed by atoms with van der Waals surface area (Å²) in [6.45, 7) is 0.628. The van der Waals surface area contributed by atoms with Gasteiger partial charge in [-0.1, -0.05) is 36.4 Å². The van der Waals surface area contributed by atoms with Gasteiger partial charge in [0.1, 0.15) is 5.75 Å². The highest BCUT2D eigenvalue weighted by Gasteiger charge is 2.14. The van der Waals surface area contributed by atoms with Gasteiger partial charge in [0.15, 0.2) is 0 Å². The van der Waals surface area contributed by atoms with Gasteiger partial charge in [-0.3, -0.25) is 5.10 Å². The molecule has 0 amide bonds. The van der Waals surface area contributed by atoms with E-state index in [1.54, 1.807) is 7.11 Å². The Bertz CT molecular complexity index is 750.